The van der Waals surface area contributed by atoms with Gasteiger partial charge in [0.05, 0.1) is 5.69 Å². The minimum Gasteiger partial charge on any atom is -0.315 e. The van der Waals surface area contributed by atoms with Crippen LogP contribution in [0.1, 0.15) is 47.5 Å². The summed E-state index contributed by atoms with van der Waals surface area (Å²) in [5, 5.41) is 7.10. The fourth-order valence-electron chi connectivity index (χ4n) is 4.33. The van der Waals surface area contributed by atoms with Gasteiger partial charge in [0.15, 0.2) is 0 Å². The van der Waals surface area contributed by atoms with Crippen LogP contribution in [0.3, 0.4) is 0 Å². The Morgan fingerprint density at radius 1 is 0.758 bits per heavy atom. The highest BCUT2D eigenvalue weighted by atomic mass is 15.1. The Bertz CT molecular complexity index is 913. The van der Waals surface area contributed by atoms with Crippen molar-refractivity contribution in [1.29, 1.82) is 0 Å². The van der Waals surface area contributed by atoms with Crippen LogP contribution in [-0.2, 0) is 32.5 Å². The number of aryl methyl sites for hydroxylation is 1. The molecule has 1 aliphatic rings. The molecule has 0 atom stereocenters. The van der Waals surface area contributed by atoms with Gasteiger partial charge in [0.2, 0.25) is 0 Å². The Balaban J connectivity index is 1.24. The molecule has 0 unspecified atom stereocenters. The van der Waals surface area contributed by atoms with Gasteiger partial charge in [-0.15, -0.1) is 0 Å². The number of pyridine rings is 2. The van der Waals surface area contributed by atoms with Crippen molar-refractivity contribution < 1.29 is 0 Å². The van der Waals surface area contributed by atoms with Crippen LogP contribution >= 0.6 is 0 Å². The summed E-state index contributed by atoms with van der Waals surface area (Å²) < 4.78 is 0. The molecular weight excluding hydrogens is 406 g/mol. The zero-order valence-electron chi connectivity index (χ0n) is 19.7. The van der Waals surface area contributed by atoms with E-state index in [2.05, 4.69) is 69.0 Å². The predicted octanol–water partition coefficient (Wildman–Crippen LogP) is 4.13. The number of hydrogen-bond donors (Lipinski definition) is 2. The molecule has 0 radical (unpaired) electrons. The Hall–Kier alpha value is -2.60. The second-order valence-corrected chi connectivity index (χ2v) is 8.95. The van der Waals surface area contributed by atoms with Gasteiger partial charge in [-0.2, -0.15) is 0 Å². The first-order chi connectivity index (χ1) is 16.3. The lowest BCUT2D eigenvalue weighted by atomic mass is 10.1. The van der Waals surface area contributed by atoms with E-state index in [9.17, 15) is 0 Å². The molecule has 0 fully saturated rings. The monoisotopic (exact) mass is 443 g/mol. The third-order valence-electron chi connectivity index (χ3n) is 6.22. The fourth-order valence-corrected chi connectivity index (χ4v) is 4.33. The molecule has 2 aromatic heterocycles. The van der Waals surface area contributed by atoms with Crippen LogP contribution in [0.2, 0.25) is 0 Å². The second-order valence-electron chi connectivity index (χ2n) is 8.95. The summed E-state index contributed by atoms with van der Waals surface area (Å²) in [5.41, 5.74) is 6.24. The summed E-state index contributed by atoms with van der Waals surface area (Å²) in [6.07, 6.45) is 7.67. The predicted molar refractivity (Wildman–Crippen MR) is 135 cm³/mol. The molecule has 0 saturated heterocycles. The number of hydrogen-bond acceptors (Lipinski definition) is 5. The van der Waals surface area contributed by atoms with Crippen LogP contribution < -0.4 is 10.6 Å². The van der Waals surface area contributed by atoms with Crippen molar-refractivity contribution in [2.75, 3.05) is 26.2 Å². The summed E-state index contributed by atoms with van der Waals surface area (Å²) in [4.78, 5) is 11.8. The molecule has 3 aromatic rings. The van der Waals surface area contributed by atoms with Crippen LogP contribution in [0.5, 0.6) is 0 Å². The number of aromatic nitrogens is 2. The third-order valence-corrected chi connectivity index (χ3v) is 6.22. The van der Waals surface area contributed by atoms with Gasteiger partial charge in [0.1, 0.15) is 0 Å². The standard InChI is InChI=1S/C28H37N5/c1-2-7-26-9-6-10-27(32-26)15-17-29-18-20-33(19-5-1)23-25-13-11-24(12-14-25)21-30-22-28-8-3-4-16-31-28/h3-4,6,8-14,16,29-30H,1-2,5,7,15,17-23H2. The molecule has 5 heteroatoms. The lowest BCUT2D eigenvalue weighted by molar-refractivity contribution is 0.258. The molecule has 174 valence electrons. The number of fused-ring (bicyclic) bond motifs is 2. The number of benzene rings is 1. The first-order valence-corrected chi connectivity index (χ1v) is 12.4. The van der Waals surface area contributed by atoms with Crippen molar-refractivity contribution in [1.82, 2.24) is 25.5 Å². The average molecular weight is 444 g/mol. The van der Waals surface area contributed by atoms with Crippen molar-refractivity contribution in [3.05, 3.63) is 95.1 Å². The van der Waals surface area contributed by atoms with Crippen molar-refractivity contribution in [2.45, 2.75) is 51.7 Å². The first kappa shape index (κ1) is 23.6. The quantitative estimate of drug-likeness (QED) is 0.600. The Morgan fingerprint density at radius 3 is 2.45 bits per heavy atom. The molecule has 4 rings (SSSR count). The highest BCUT2D eigenvalue weighted by Crippen LogP contribution is 2.11. The summed E-state index contributed by atoms with van der Waals surface area (Å²) in [6.45, 7) is 6.93. The zero-order chi connectivity index (χ0) is 22.6. The van der Waals surface area contributed by atoms with Crippen molar-refractivity contribution >= 4 is 0 Å². The van der Waals surface area contributed by atoms with Gasteiger partial charge >= 0.3 is 0 Å². The number of nitrogens with zero attached hydrogens (tertiary/aromatic N) is 3. The van der Waals surface area contributed by atoms with E-state index >= 15 is 0 Å². The van der Waals surface area contributed by atoms with Crippen molar-refractivity contribution in [3.8, 4) is 0 Å². The molecule has 0 amide bonds. The van der Waals surface area contributed by atoms with Gasteiger partial charge in [-0.05, 0) is 61.2 Å². The summed E-state index contributed by atoms with van der Waals surface area (Å²) in [5.74, 6) is 0. The molecule has 2 bridgehead atoms. The van der Waals surface area contributed by atoms with Gasteiger partial charge in [0, 0.05) is 63.3 Å². The maximum absolute atomic E-state index is 4.81. The van der Waals surface area contributed by atoms with E-state index in [1.165, 1.54) is 41.8 Å². The molecule has 33 heavy (non-hydrogen) atoms. The maximum atomic E-state index is 4.81. The Kier molecular flexibility index (Phi) is 9.41. The van der Waals surface area contributed by atoms with E-state index in [0.29, 0.717) is 0 Å². The van der Waals surface area contributed by atoms with Crippen LogP contribution in [0.25, 0.3) is 0 Å². The minimum absolute atomic E-state index is 0.796. The second kappa shape index (κ2) is 13.2. The molecule has 2 N–H and O–H groups in total. The largest absolute Gasteiger partial charge is 0.315 e. The van der Waals surface area contributed by atoms with E-state index in [4.69, 9.17) is 4.98 Å². The van der Waals surface area contributed by atoms with Gasteiger partial charge in [0.25, 0.3) is 0 Å². The Labute approximate surface area is 198 Å². The smallest absolute Gasteiger partial charge is 0.0541 e. The van der Waals surface area contributed by atoms with Crippen LogP contribution in [0.15, 0.2) is 66.9 Å². The molecule has 0 aliphatic carbocycles. The molecule has 1 aromatic carbocycles. The minimum atomic E-state index is 0.796. The van der Waals surface area contributed by atoms with E-state index in [-0.39, 0.29) is 0 Å². The van der Waals surface area contributed by atoms with Crippen LogP contribution in [-0.4, -0.2) is 41.0 Å². The van der Waals surface area contributed by atoms with Crippen molar-refractivity contribution in [3.63, 3.8) is 0 Å². The topological polar surface area (TPSA) is 53.1 Å². The zero-order valence-corrected chi connectivity index (χ0v) is 19.7. The third kappa shape index (κ3) is 8.35. The summed E-state index contributed by atoms with van der Waals surface area (Å²) >= 11 is 0. The average Bonchev–Trinajstić information content (AvgIpc) is 2.85. The molecule has 0 spiro atoms. The molecule has 0 saturated carbocycles. The van der Waals surface area contributed by atoms with Crippen LogP contribution in [0.4, 0.5) is 0 Å². The van der Waals surface area contributed by atoms with Gasteiger partial charge in [-0.3, -0.25) is 14.9 Å². The lowest BCUT2D eigenvalue weighted by Crippen LogP contribution is -2.33. The molecule has 1 aliphatic heterocycles. The van der Waals surface area contributed by atoms with Crippen LogP contribution in [0, 0.1) is 0 Å². The number of nitrogens with one attached hydrogen (secondary N) is 2. The normalized spacial score (nSPS) is 16.2. The fraction of sp³-hybridized carbons (Fsp3) is 0.429. The molecular formula is C28H37N5. The first-order valence-electron chi connectivity index (χ1n) is 12.4. The number of rotatable bonds is 6. The van der Waals surface area contributed by atoms with Gasteiger partial charge in [-0.25, -0.2) is 0 Å². The molecule has 3 heterocycles. The van der Waals surface area contributed by atoms with Gasteiger partial charge in [-0.1, -0.05) is 42.8 Å². The lowest BCUT2D eigenvalue weighted by Gasteiger charge is -2.23. The van der Waals surface area contributed by atoms with E-state index in [1.807, 2.05) is 18.3 Å². The maximum Gasteiger partial charge on any atom is 0.0541 e. The van der Waals surface area contributed by atoms with Crippen molar-refractivity contribution in [2.24, 2.45) is 0 Å². The SMILES string of the molecule is c1ccc(CNCc2ccc(CN3CCCCCc4cccc(n4)CCNCC3)cc2)nc1. The van der Waals surface area contributed by atoms with E-state index in [0.717, 1.165) is 64.3 Å². The highest BCUT2D eigenvalue weighted by Gasteiger charge is 2.08. The van der Waals surface area contributed by atoms with Gasteiger partial charge < -0.3 is 10.6 Å². The van der Waals surface area contributed by atoms with E-state index < -0.39 is 0 Å². The van der Waals surface area contributed by atoms with E-state index in [1.54, 1.807) is 0 Å². The summed E-state index contributed by atoms with van der Waals surface area (Å²) in [6, 6.07) is 21.6. The Morgan fingerprint density at radius 2 is 1.61 bits per heavy atom. The highest BCUT2D eigenvalue weighted by molar-refractivity contribution is 5.22. The molecule has 5 nitrogen and oxygen atoms in total. The summed E-state index contributed by atoms with van der Waals surface area (Å²) in [7, 11) is 0.